The Bertz CT molecular complexity index is 817. The normalized spacial score (nSPS) is 18.9. The van der Waals surface area contributed by atoms with E-state index >= 15 is 0 Å². The monoisotopic (exact) mass is 348 g/mol. The maximum atomic E-state index is 11.3. The first kappa shape index (κ1) is 17.1. The van der Waals surface area contributed by atoms with Crippen LogP contribution in [0.2, 0.25) is 0 Å². The largest absolute Gasteiger partial charge is 0.353 e. The van der Waals surface area contributed by atoms with Gasteiger partial charge in [-0.05, 0) is 44.2 Å². The number of sulfonamides is 1. The lowest BCUT2D eigenvalue weighted by molar-refractivity contribution is 0.435. The molecule has 3 rings (SSSR count). The minimum absolute atomic E-state index is 0.297. The van der Waals surface area contributed by atoms with Gasteiger partial charge in [0.1, 0.15) is 12.1 Å². The number of fused-ring (bicyclic) bond motifs is 1. The van der Waals surface area contributed by atoms with Crippen molar-refractivity contribution in [3.63, 3.8) is 0 Å². The van der Waals surface area contributed by atoms with Crippen molar-refractivity contribution in [2.75, 3.05) is 24.2 Å². The van der Waals surface area contributed by atoms with E-state index in [9.17, 15) is 8.42 Å². The van der Waals surface area contributed by atoms with Crippen molar-refractivity contribution in [2.24, 2.45) is 0 Å². The molecule has 1 atom stereocenters. The molecule has 2 aromatic rings. The van der Waals surface area contributed by atoms with Gasteiger partial charge in [0.2, 0.25) is 10.0 Å². The van der Waals surface area contributed by atoms with Crippen LogP contribution in [0.25, 0.3) is 10.9 Å². The molecular weight excluding hydrogens is 324 g/mol. The number of aromatic nitrogens is 2. The highest BCUT2D eigenvalue weighted by Crippen LogP contribution is 2.31. The number of anilines is 1. The Balaban J connectivity index is 1.88. The fourth-order valence-electron chi connectivity index (χ4n) is 3.47. The van der Waals surface area contributed by atoms with Gasteiger partial charge in [0, 0.05) is 24.5 Å². The summed E-state index contributed by atoms with van der Waals surface area (Å²) < 4.78 is 25.2. The van der Waals surface area contributed by atoms with Crippen molar-refractivity contribution < 1.29 is 8.42 Å². The van der Waals surface area contributed by atoms with Crippen molar-refractivity contribution in [1.29, 1.82) is 0 Å². The number of piperidine rings is 1. The second-order valence-corrected chi connectivity index (χ2v) is 8.30. The molecule has 0 bridgehead atoms. The first-order chi connectivity index (χ1) is 11.5. The molecule has 0 amide bonds. The summed E-state index contributed by atoms with van der Waals surface area (Å²) in [5.41, 5.74) is 2.13. The highest BCUT2D eigenvalue weighted by atomic mass is 32.2. The third-order valence-electron chi connectivity index (χ3n) is 4.59. The first-order valence-electron chi connectivity index (χ1n) is 8.37. The second kappa shape index (κ2) is 7.03. The van der Waals surface area contributed by atoms with Crippen LogP contribution < -0.4 is 9.62 Å². The molecule has 1 aliphatic rings. The van der Waals surface area contributed by atoms with E-state index in [4.69, 9.17) is 0 Å². The van der Waals surface area contributed by atoms with Gasteiger partial charge < -0.3 is 4.90 Å². The van der Waals surface area contributed by atoms with E-state index in [2.05, 4.69) is 32.6 Å². The predicted octanol–water partition coefficient (Wildman–Crippen LogP) is 2.24. The third-order valence-corrected chi connectivity index (χ3v) is 5.32. The Morgan fingerprint density at radius 1 is 1.29 bits per heavy atom. The molecular formula is C17H24N4O2S. The van der Waals surface area contributed by atoms with Crippen LogP contribution in [0.1, 0.15) is 31.2 Å². The molecule has 1 aromatic heterocycles. The lowest BCUT2D eigenvalue weighted by atomic mass is 9.98. The van der Waals surface area contributed by atoms with Crippen molar-refractivity contribution in [2.45, 2.75) is 38.6 Å². The molecule has 1 saturated heterocycles. The number of hydrogen-bond acceptors (Lipinski definition) is 5. The Kier molecular flexibility index (Phi) is 5.01. The smallest absolute Gasteiger partial charge is 0.208 e. The van der Waals surface area contributed by atoms with Gasteiger partial charge in [0.05, 0.1) is 11.8 Å². The van der Waals surface area contributed by atoms with Crippen LogP contribution in [0.4, 0.5) is 5.82 Å². The average Bonchev–Trinajstić information content (AvgIpc) is 2.54. The van der Waals surface area contributed by atoms with Crippen LogP contribution in [-0.2, 0) is 10.0 Å². The molecule has 1 N–H and O–H groups in total. The number of hydrogen-bond donors (Lipinski definition) is 1. The lowest BCUT2D eigenvalue weighted by Gasteiger charge is -2.37. The van der Waals surface area contributed by atoms with Crippen molar-refractivity contribution in [3.8, 4) is 0 Å². The highest BCUT2D eigenvalue weighted by Gasteiger charge is 2.25. The van der Waals surface area contributed by atoms with Crippen molar-refractivity contribution >= 4 is 26.7 Å². The zero-order valence-corrected chi connectivity index (χ0v) is 15.0. The molecule has 1 aromatic carbocycles. The van der Waals surface area contributed by atoms with Gasteiger partial charge in [0.25, 0.3) is 0 Å². The SMILES string of the molecule is Cc1cccc2ncnc(N3CCCC[C@@H]3CCNS(C)(=O)=O)c12. The predicted molar refractivity (Wildman–Crippen MR) is 96.7 cm³/mol. The number of aryl methyl sites for hydroxylation is 1. The quantitative estimate of drug-likeness (QED) is 0.897. The highest BCUT2D eigenvalue weighted by molar-refractivity contribution is 7.88. The summed E-state index contributed by atoms with van der Waals surface area (Å²) in [6, 6.07) is 6.40. The topological polar surface area (TPSA) is 75.2 Å². The summed E-state index contributed by atoms with van der Waals surface area (Å²) in [6.45, 7) is 3.49. The molecule has 6 nitrogen and oxygen atoms in total. The average molecular weight is 348 g/mol. The van der Waals surface area contributed by atoms with Crippen LogP contribution in [-0.4, -0.2) is 43.8 Å². The van der Waals surface area contributed by atoms with Crippen LogP contribution >= 0.6 is 0 Å². The summed E-state index contributed by atoms with van der Waals surface area (Å²) in [4.78, 5) is 11.3. The molecule has 0 unspecified atom stereocenters. The maximum absolute atomic E-state index is 11.3. The van der Waals surface area contributed by atoms with E-state index in [1.165, 1.54) is 18.2 Å². The van der Waals surface area contributed by atoms with Gasteiger partial charge in [-0.15, -0.1) is 0 Å². The van der Waals surface area contributed by atoms with Gasteiger partial charge in [0.15, 0.2) is 0 Å². The van der Waals surface area contributed by atoms with Gasteiger partial charge >= 0.3 is 0 Å². The Labute approximate surface area is 143 Å². The molecule has 2 heterocycles. The number of nitrogens with zero attached hydrogens (tertiary/aromatic N) is 3. The zero-order valence-electron chi connectivity index (χ0n) is 14.2. The Morgan fingerprint density at radius 2 is 2.12 bits per heavy atom. The lowest BCUT2D eigenvalue weighted by Crippen LogP contribution is -2.42. The molecule has 0 spiro atoms. The maximum Gasteiger partial charge on any atom is 0.208 e. The molecule has 0 aliphatic carbocycles. The van der Waals surface area contributed by atoms with Crippen molar-refractivity contribution in [1.82, 2.24) is 14.7 Å². The Morgan fingerprint density at radius 3 is 2.92 bits per heavy atom. The zero-order chi connectivity index (χ0) is 17.2. The molecule has 1 aliphatic heterocycles. The summed E-state index contributed by atoms with van der Waals surface area (Å²) in [6.07, 6.45) is 6.97. The molecule has 130 valence electrons. The van der Waals surface area contributed by atoms with Gasteiger partial charge in [-0.1, -0.05) is 12.1 Å². The third kappa shape index (κ3) is 3.84. The molecule has 24 heavy (non-hydrogen) atoms. The number of rotatable bonds is 5. The van der Waals surface area contributed by atoms with Crippen LogP contribution in [0, 0.1) is 6.92 Å². The van der Waals surface area contributed by atoms with E-state index in [0.29, 0.717) is 12.6 Å². The fourth-order valence-corrected chi connectivity index (χ4v) is 3.96. The van der Waals surface area contributed by atoms with E-state index in [1.807, 2.05) is 12.1 Å². The number of nitrogens with one attached hydrogen (secondary N) is 1. The molecule has 0 radical (unpaired) electrons. The van der Waals surface area contributed by atoms with E-state index in [-0.39, 0.29) is 0 Å². The minimum atomic E-state index is -3.14. The standard InChI is InChI=1S/C17H24N4O2S/c1-13-6-5-8-15-16(13)17(19-12-18-15)21-11-4-3-7-14(21)9-10-20-24(2,22)23/h5-6,8,12,14,20H,3-4,7,9-11H2,1-2H3/t14-/m1/s1. The Hall–Kier alpha value is -1.73. The molecule has 0 saturated carbocycles. The summed E-state index contributed by atoms with van der Waals surface area (Å²) >= 11 is 0. The number of benzene rings is 1. The van der Waals surface area contributed by atoms with Crippen LogP contribution in [0.15, 0.2) is 24.5 Å². The first-order valence-corrected chi connectivity index (χ1v) is 10.3. The summed E-state index contributed by atoms with van der Waals surface area (Å²) in [5.74, 6) is 0.974. The van der Waals surface area contributed by atoms with Crippen LogP contribution in [0.3, 0.4) is 0 Å². The second-order valence-electron chi connectivity index (χ2n) is 6.46. The van der Waals surface area contributed by atoms with Crippen LogP contribution in [0.5, 0.6) is 0 Å². The van der Waals surface area contributed by atoms with E-state index in [0.717, 1.165) is 42.5 Å². The summed E-state index contributed by atoms with van der Waals surface area (Å²) in [5, 5.41) is 1.10. The molecule has 7 heteroatoms. The van der Waals surface area contributed by atoms with Gasteiger partial charge in [-0.25, -0.2) is 23.1 Å². The molecule has 1 fully saturated rings. The minimum Gasteiger partial charge on any atom is -0.353 e. The van der Waals surface area contributed by atoms with E-state index in [1.54, 1.807) is 6.33 Å². The van der Waals surface area contributed by atoms with Crippen molar-refractivity contribution in [3.05, 3.63) is 30.1 Å². The summed E-state index contributed by atoms with van der Waals surface area (Å²) in [7, 11) is -3.14. The van der Waals surface area contributed by atoms with Gasteiger partial charge in [-0.2, -0.15) is 0 Å². The van der Waals surface area contributed by atoms with Gasteiger partial charge in [-0.3, -0.25) is 0 Å². The fraction of sp³-hybridized carbons (Fsp3) is 0.529. The van der Waals surface area contributed by atoms with E-state index < -0.39 is 10.0 Å².